The van der Waals surface area contributed by atoms with Gasteiger partial charge in [-0.3, -0.25) is 4.79 Å². The molecule has 0 unspecified atom stereocenters. The van der Waals surface area contributed by atoms with Gasteiger partial charge in [-0.2, -0.15) is 8.78 Å². The maximum Gasteiger partial charge on any atom is 0.408 e. The van der Waals surface area contributed by atoms with Crippen LogP contribution in [0.5, 0.6) is 5.88 Å². The molecular weight excluding hydrogens is 574 g/mol. The van der Waals surface area contributed by atoms with Crippen molar-refractivity contribution in [2.75, 3.05) is 6.54 Å². The molecule has 42 heavy (non-hydrogen) atoms. The lowest BCUT2D eigenvalue weighted by molar-refractivity contribution is -0.151. The summed E-state index contributed by atoms with van der Waals surface area (Å²) in [5.74, 6) is -6.52. The van der Waals surface area contributed by atoms with Gasteiger partial charge in [0.25, 0.3) is 5.92 Å². The molecule has 1 aliphatic carbocycles. The van der Waals surface area contributed by atoms with Crippen LogP contribution < -0.4 is 10.1 Å². The van der Waals surface area contributed by atoms with Crippen molar-refractivity contribution in [3.05, 3.63) is 28.9 Å². The Balaban J connectivity index is 1.56. The third kappa shape index (κ3) is 6.09. The molecular formula is C29H35ClF2N4O6. The molecule has 1 aromatic carbocycles. The molecule has 13 heteroatoms. The zero-order valence-corrected chi connectivity index (χ0v) is 24.7. The van der Waals surface area contributed by atoms with Crippen LogP contribution in [0.2, 0.25) is 5.02 Å². The average Bonchev–Trinajstić information content (AvgIpc) is 3.54. The Bertz CT molecular complexity index is 1400. The molecule has 2 aliphatic heterocycles. The summed E-state index contributed by atoms with van der Waals surface area (Å²) in [7, 11) is 0. The molecule has 3 aliphatic rings. The SMILES string of the molecule is C[C@@H]1[C@@H]2CN(C(=O)[C@H](C(C)(C)C)NC(=O)O[C@@H]3C[C@H]3CCCCC(F)(F)c3nc4ccc(Cl)cc4nc3O2)[C@@H]1C(=O)O. The number of benzene rings is 1. The van der Waals surface area contributed by atoms with Crippen molar-refractivity contribution in [1.82, 2.24) is 20.2 Å². The standard InChI is InChI=1S/C29H35ClF2N4O6/c1-14-20-13-36(21(14)26(38)39)25(37)23(28(2,3)4)35-27(40)42-19-11-15(19)7-5-6-10-29(31,32)22-24(41-20)34-18-12-16(30)8-9-17(18)33-22/h8-9,12,14-15,19-21,23H,5-7,10-11,13H2,1-4H3,(H,35,40)(H,38,39)/t14-,15-,19-,20+,21+,23-/m1/s1. The lowest BCUT2D eigenvalue weighted by atomic mass is 9.85. The second-order valence-corrected chi connectivity index (χ2v) is 13.1. The largest absolute Gasteiger partial charge is 0.480 e. The Labute approximate surface area is 247 Å². The minimum Gasteiger partial charge on any atom is -0.480 e. The molecule has 2 amide bonds. The van der Waals surface area contributed by atoms with E-state index in [1.165, 1.54) is 18.2 Å². The van der Waals surface area contributed by atoms with Gasteiger partial charge in [0, 0.05) is 17.4 Å². The topological polar surface area (TPSA) is 131 Å². The van der Waals surface area contributed by atoms with E-state index in [-0.39, 0.29) is 36.0 Å². The molecule has 2 N–H and O–H groups in total. The first-order chi connectivity index (χ1) is 19.7. The van der Waals surface area contributed by atoms with E-state index in [1.807, 2.05) is 0 Å². The van der Waals surface area contributed by atoms with Crippen molar-refractivity contribution < 1.29 is 37.7 Å². The van der Waals surface area contributed by atoms with Gasteiger partial charge in [-0.15, -0.1) is 0 Å². The first kappa shape index (κ1) is 30.2. The smallest absolute Gasteiger partial charge is 0.408 e. The summed E-state index contributed by atoms with van der Waals surface area (Å²) in [5.41, 5.74) is -0.994. The first-order valence-electron chi connectivity index (χ1n) is 14.2. The minimum absolute atomic E-state index is 0.0488. The highest BCUT2D eigenvalue weighted by Gasteiger charge is 2.51. The number of nitrogens with zero attached hydrogens (tertiary/aromatic N) is 3. The van der Waals surface area contributed by atoms with Gasteiger partial charge in [0.15, 0.2) is 5.69 Å². The molecule has 10 nitrogen and oxygen atoms in total. The average molecular weight is 609 g/mol. The van der Waals surface area contributed by atoms with Crippen molar-refractivity contribution in [2.45, 2.75) is 90.0 Å². The number of amides is 2. The Morgan fingerprint density at radius 1 is 1.14 bits per heavy atom. The van der Waals surface area contributed by atoms with E-state index in [9.17, 15) is 19.5 Å². The van der Waals surface area contributed by atoms with Crippen LogP contribution in [0.15, 0.2) is 18.2 Å². The number of ether oxygens (including phenoxy) is 2. The number of carboxylic acid groups (broad SMARTS) is 1. The van der Waals surface area contributed by atoms with Crippen LogP contribution >= 0.6 is 11.6 Å². The Morgan fingerprint density at radius 3 is 2.57 bits per heavy atom. The summed E-state index contributed by atoms with van der Waals surface area (Å²) >= 11 is 6.12. The number of fused-ring (bicyclic) bond motifs is 5. The molecule has 5 rings (SSSR count). The number of alkyl halides is 2. The zero-order valence-electron chi connectivity index (χ0n) is 23.9. The summed E-state index contributed by atoms with van der Waals surface area (Å²) in [4.78, 5) is 48.8. The fourth-order valence-corrected chi connectivity index (χ4v) is 5.98. The van der Waals surface area contributed by atoms with E-state index in [0.717, 1.165) is 4.90 Å². The summed E-state index contributed by atoms with van der Waals surface area (Å²) < 4.78 is 43.1. The van der Waals surface area contributed by atoms with Gasteiger partial charge in [-0.05, 0) is 48.8 Å². The van der Waals surface area contributed by atoms with Crippen molar-refractivity contribution in [3.8, 4) is 5.88 Å². The fourth-order valence-electron chi connectivity index (χ4n) is 5.81. The molecule has 1 saturated carbocycles. The number of rotatable bonds is 1. The molecule has 0 spiro atoms. The third-order valence-electron chi connectivity index (χ3n) is 8.34. The van der Waals surface area contributed by atoms with E-state index >= 15 is 8.78 Å². The van der Waals surface area contributed by atoms with E-state index < -0.39 is 71.4 Å². The van der Waals surface area contributed by atoms with Crippen LogP contribution in [0.3, 0.4) is 0 Å². The Hall–Kier alpha value is -3.28. The molecule has 2 aromatic rings. The minimum atomic E-state index is -3.40. The second-order valence-electron chi connectivity index (χ2n) is 12.6. The number of carboxylic acids is 1. The molecule has 2 fully saturated rings. The van der Waals surface area contributed by atoms with Gasteiger partial charge in [0.2, 0.25) is 11.8 Å². The zero-order chi connectivity index (χ0) is 30.6. The predicted molar refractivity (Wildman–Crippen MR) is 148 cm³/mol. The number of aromatic nitrogens is 2. The van der Waals surface area contributed by atoms with Crippen LogP contribution in [0.1, 0.15) is 65.5 Å². The number of nitrogens with one attached hydrogen (secondary N) is 1. The van der Waals surface area contributed by atoms with Crippen LogP contribution in [0.25, 0.3) is 11.0 Å². The normalized spacial score (nSPS) is 30.2. The van der Waals surface area contributed by atoms with Gasteiger partial charge in [0.1, 0.15) is 24.3 Å². The fraction of sp³-hybridized carbons (Fsp3) is 0.621. The molecule has 1 aromatic heterocycles. The third-order valence-corrected chi connectivity index (χ3v) is 8.58. The predicted octanol–water partition coefficient (Wildman–Crippen LogP) is 5.16. The highest BCUT2D eigenvalue weighted by Crippen LogP contribution is 2.42. The van der Waals surface area contributed by atoms with Crippen LogP contribution in [0, 0.1) is 17.3 Å². The number of hydrogen-bond donors (Lipinski definition) is 2. The van der Waals surface area contributed by atoms with E-state index in [4.69, 9.17) is 21.1 Å². The van der Waals surface area contributed by atoms with Crippen LogP contribution in [0.4, 0.5) is 13.6 Å². The lowest BCUT2D eigenvalue weighted by Gasteiger charge is -2.34. The Kier molecular flexibility index (Phi) is 7.97. The first-order valence-corrected chi connectivity index (χ1v) is 14.6. The van der Waals surface area contributed by atoms with Crippen LogP contribution in [-0.4, -0.2) is 68.8 Å². The van der Waals surface area contributed by atoms with E-state index in [0.29, 0.717) is 24.3 Å². The van der Waals surface area contributed by atoms with Gasteiger partial charge in [-0.1, -0.05) is 45.7 Å². The molecule has 3 heterocycles. The van der Waals surface area contributed by atoms with Gasteiger partial charge in [0.05, 0.1) is 17.6 Å². The maximum absolute atomic E-state index is 15.7. The molecule has 0 radical (unpaired) electrons. The van der Waals surface area contributed by atoms with Crippen molar-refractivity contribution in [1.29, 1.82) is 0 Å². The number of hydrogen-bond acceptors (Lipinski definition) is 7. The monoisotopic (exact) mass is 608 g/mol. The van der Waals surface area contributed by atoms with Gasteiger partial charge < -0.3 is 24.8 Å². The van der Waals surface area contributed by atoms with Crippen molar-refractivity contribution >= 4 is 40.6 Å². The molecule has 1 saturated heterocycles. The summed E-state index contributed by atoms with van der Waals surface area (Å²) in [6.07, 6.45) is -0.744. The summed E-state index contributed by atoms with van der Waals surface area (Å²) in [6, 6.07) is 2.06. The van der Waals surface area contributed by atoms with Gasteiger partial charge >= 0.3 is 12.1 Å². The molecule has 6 atom stereocenters. The highest BCUT2D eigenvalue weighted by molar-refractivity contribution is 6.31. The molecule has 228 valence electrons. The van der Waals surface area contributed by atoms with E-state index in [2.05, 4.69) is 15.3 Å². The number of alkyl carbamates (subject to hydrolysis) is 1. The number of aliphatic carboxylic acids is 1. The number of carbonyl (C=O) groups is 3. The second kappa shape index (κ2) is 11.1. The lowest BCUT2D eigenvalue weighted by Crippen LogP contribution is -2.57. The van der Waals surface area contributed by atoms with E-state index in [1.54, 1.807) is 27.7 Å². The summed E-state index contributed by atoms with van der Waals surface area (Å²) in [6.45, 7) is 6.58. The quantitative estimate of drug-likeness (QED) is 0.454. The highest BCUT2D eigenvalue weighted by atomic mass is 35.5. The molecule has 2 bridgehead atoms. The summed E-state index contributed by atoms with van der Waals surface area (Å²) in [5, 5.41) is 13.1. The number of halogens is 3. The van der Waals surface area contributed by atoms with Crippen LogP contribution in [-0.2, 0) is 20.2 Å². The van der Waals surface area contributed by atoms with Gasteiger partial charge in [-0.25, -0.2) is 19.6 Å². The Morgan fingerprint density at radius 2 is 1.88 bits per heavy atom. The number of carbonyl (C=O) groups excluding carboxylic acids is 2. The maximum atomic E-state index is 15.7. The van der Waals surface area contributed by atoms with Crippen molar-refractivity contribution in [3.63, 3.8) is 0 Å². The van der Waals surface area contributed by atoms with Crippen molar-refractivity contribution in [2.24, 2.45) is 17.3 Å².